The van der Waals surface area contributed by atoms with Crippen LogP contribution in [0.15, 0.2) is 218 Å². The summed E-state index contributed by atoms with van der Waals surface area (Å²) < 4.78 is 61.5. The number of nitrogens with two attached hydrogens (primary N) is 1. The van der Waals surface area contributed by atoms with E-state index in [1.165, 1.54) is 43.5 Å². The van der Waals surface area contributed by atoms with Gasteiger partial charge in [-0.3, -0.25) is 0 Å². The molecule has 0 aliphatic carbocycles. The van der Waals surface area contributed by atoms with E-state index in [0.29, 0.717) is 53.4 Å². The highest BCUT2D eigenvalue weighted by Crippen LogP contribution is 2.35. The second-order valence-electron chi connectivity index (χ2n) is 20.9. The minimum Gasteiger partial charge on any atom is -0.467 e. The lowest BCUT2D eigenvalue weighted by atomic mass is 10.1. The summed E-state index contributed by atoms with van der Waals surface area (Å²) in [4.78, 5) is 44.2. The van der Waals surface area contributed by atoms with Crippen molar-refractivity contribution >= 4 is 50.6 Å². The average Bonchev–Trinajstić information content (AvgIpc) is 3.49. The molecule has 0 bridgehead atoms. The van der Waals surface area contributed by atoms with Crippen molar-refractivity contribution in [1.29, 1.82) is 0 Å². The number of rotatable bonds is 15. The van der Waals surface area contributed by atoms with Gasteiger partial charge in [0.2, 0.25) is 11.9 Å². The van der Waals surface area contributed by atoms with Gasteiger partial charge in [-0.15, -0.1) is 0 Å². The van der Waals surface area contributed by atoms with Gasteiger partial charge < -0.3 is 34.5 Å². The van der Waals surface area contributed by atoms with E-state index in [1.54, 1.807) is 36.4 Å². The second-order valence-corrected chi connectivity index (χ2v) is 20.9. The van der Waals surface area contributed by atoms with Crippen LogP contribution in [0.3, 0.4) is 0 Å². The van der Waals surface area contributed by atoms with E-state index in [2.05, 4.69) is 35.0 Å². The molecule has 17 heteroatoms. The predicted octanol–water partition coefficient (Wildman–Crippen LogP) is 15.9. The highest BCUT2D eigenvalue weighted by Gasteiger charge is 2.34. The summed E-state index contributed by atoms with van der Waals surface area (Å²) in [5.41, 5.74) is 13.7. The maximum Gasteiger partial charge on any atom is 0.328 e. The number of fused-ring (bicyclic) bond motifs is 3. The Labute approximate surface area is 506 Å². The van der Waals surface area contributed by atoms with Crippen LogP contribution >= 0.6 is 0 Å². The number of carbonyl (C=O) groups excluding carboxylic acids is 1. The molecule has 0 spiro atoms. The van der Waals surface area contributed by atoms with Gasteiger partial charge in [0.25, 0.3) is 0 Å². The van der Waals surface area contributed by atoms with Crippen molar-refractivity contribution in [2.75, 3.05) is 44.9 Å². The molecule has 2 N–H and O–H groups in total. The standard InChI is InChI=1S/C26H22FN3O3.C25H24FN3O.C20H14FN3O/c1-32-25(31)23-7-4-16-30(23)26-28-22-6-3-2-5-21(22)24(29-26)17-8-12-19(13-9-17)33-20-14-10-18(27)11-15-20;1-29(2)17-5-8-24-27-23-7-4-3-6-22(23)25(28-24)18-9-13-20(14-10-18)30-21-15-11-19(26)12-16-21;21-14-7-11-16(12-8-14)25-15-9-5-13(6-10-15)19-17-3-1-2-4-18(17)23-20(22)24-19/h2-3,5-6,8-15,23H,4,7,16H2,1H3;3-4,6-7,9-16H,5,8,17H2,1-2H3;1-12H,(H2,22,23,24)/t23-;;/m0../s1. The normalized spacial score (nSPS) is 12.7. The van der Waals surface area contributed by atoms with E-state index in [4.69, 9.17) is 44.6 Å². The zero-order valence-corrected chi connectivity index (χ0v) is 48.4. The van der Waals surface area contributed by atoms with E-state index in [9.17, 15) is 18.0 Å². The molecule has 4 heterocycles. The number of nitrogens with zero attached hydrogens (tertiary/aromatic N) is 8. The molecule has 14 nitrogen and oxygen atoms in total. The molecule has 1 aliphatic heterocycles. The molecule has 1 fully saturated rings. The van der Waals surface area contributed by atoms with Gasteiger partial charge in [-0.05, 0) is 204 Å². The van der Waals surface area contributed by atoms with Gasteiger partial charge in [0.15, 0.2) is 0 Å². The number of aromatic nitrogens is 6. The summed E-state index contributed by atoms with van der Waals surface area (Å²) in [6, 6.07) is 63.9. The van der Waals surface area contributed by atoms with E-state index in [0.717, 1.165) is 98.1 Å². The van der Waals surface area contributed by atoms with Gasteiger partial charge in [0.1, 0.15) is 63.8 Å². The first kappa shape index (κ1) is 59.0. The molecule has 13 rings (SSSR count). The van der Waals surface area contributed by atoms with Crippen LogP contribution in [0.5, 0.6) is 34.5 Å². The highest BCUT2D eigenvalue weighted by molar-refractivity contribution is 5.95. The Morgan fingerprint density at radius 1 is 0.489 bits per heavy atom. The van der Waals surface area contributed by atoms with E-state index in [-0.39, 0.29) is 35.4 Å². The Morgan fingerprint density at radius 3 is 1.28 bits per heavy atom. The van der Waals surface area contributed by atoms with Crippen LogP contribution in [0.4, 0.5) is 25.1 Å². The summed E-state index contributed by atoms with van der Waals surface area (Å²) in [6.07, 6.45) is 3.44. The first-order chi connectivity index (χ1) is 42.9. The van der Waals surface area contributed by atoms with Crippen molar-refractivity contribution in [3.8, 4) is 68.3 Å². The molecule has 1 saturated heterocycles. The van der Waals surface area contributed by atoms with Gasteiger partial charge in [0, 0.05) is 45.8 Å². The number of ether oxygens (including phenoxy) is 4. The zero-order valence-electron chi connectivity index (χ0n) is 48.4. The minimum absolute atomic E-state index is 0.236. The molecule has 0 unspecified atom stereocenters. The van der Waals surface area contributed by atoms with Crippen molar-refractivity contribution in [1.82, 2.24) is 34.8 Å². The third kappa shape index (κ3) is 14.6. The number of carbonyl (C=O) groups is 1. The van der Waals surface area contributed by atoms with Gasteiger partial charge in [-0.2, -0.15) is 0 Å². The number of esters is 1. The maximum absolute atomic E-state index is 13.1. The van der Waals surface area contributed by atoms with E-state index < -0.39 is 0 Å². The molecule has 0 amide bonds. The number of halogens is 3. The van der Waals surface area contributed by atoms with Gasteiger partial charge in [-0.25, -0.2) is 47.9 Å². The topological polar surface area (TPSA) is 164 Å². The third-order valence-corrected chi connectivity index (χ3v) is 14.4. The fraction of sp³-hybridized carbons (Fsp3) is 0.141. The van der Waals surface area contributed by atoms with Crippen LogP contribution < -0.4 is 24.8 Å². The van der Waals surface area contributed by atoms with Crippen molar-refractivity contribution in [2.24, 2.45) is 0 Å². The number of nitrogen functional groups attached to an aromatic ring is 1. The van der Waals surface area contributed by atoms with Crippen molar-refractivity contribution in [3.05, 3.63) is 242 Å². The predicted molar refractivity (Wildman–Crippen MR) is 338 cm³/mol. The van der Waals surface area contributed by atoms with Gasteiger partial charge in [-0.1, -0.05) is 54.6 Å². The molecular weight excluding hydrogens is 1120 g/mol. The van der Waals surface area contributed by atoms with Crippen LogP contribution in [-0.4, -0.2) is 81.1 Å². The minimum atomic E-state index is -0.379. The molecule has 0 saturated carbocycles. The quantitative estimate of drug-likeness (QED) is 0.0964. The van der Waals surface area contributed by atoms with Crippen LogP contribution in [-0.2, 0) is 16.0 Å². The fourth-order valence-electron chi connectivity index (χ4n) is 10.1. The molecule has 1 aliphatic rings. The largest absolute Gasteiger partial charge is 0.467 e. The Kier molecular flexibility index (Phi) is 18.4. The van der Waals surface area contributed by atoms with Crippen molar-refractivity contribution in [2.45, 2.75) is 31.7 Å². The molecule has 12 aromatic rings. The first-order valence-corrected chi connectivity index (χ1v) is 28.5. The number of aryl methyl sites for hydroxylation is 1. The zero-order chi connectivity index (χ0) is 60.9. The molecular formula is C71H60F3N9O5. The summed E-state index contributed by atoms with van der Waals surface area (Å²) >= 11 is 0. The van der Waals surface area contributed by atoms with E-state index in [1.807, 2.05) is 144 Å². The monoisotopic (exact) mass is 1180 g/mol. The SMILES string of the molecule is CN(C)CCCc1nc(-c2ccc(Oc3ccc(F)cc3)cc2)c2ccccc2n1.COC(=O)[C@@H]1CCCN1c1nc(-c2ccc(Oc3ccc(F)cc3)cc2)c2ccccc2n1.Nc1nc(-c2ccc(Oc3ccc(F)cc3)cc2)c2ccccc2n1. The Morgan fingerprint density at radius 2 is 0.864 bits per heavy atom. The van der Waals surface area contributed by atoms with Gasteiger partial charge >= 0.3 is 5.97 Å². The summed E-state index contributed by atoms with van der Waals surface area (Å²) in [7, 11) is 5.55. The lowest BCUT2D eigenvalue weighted by molar-refractivity contribution is -0.141. The molecule has 9 aromatic carbocycles. The lowest BCUT2D eigenvalue weighted by Crippen LogP contribution is -2.38. The number of hydrogen-bond donors (Lipinski definition) is 1. The summed E-state index contributed by atoms with van der Waals surface area (Å²) in [5, 5.41) is 2.88. The maximum atomic E-state index is 13.1. The lowest BCUT2D eigenvalue weighted by Gasteiger charge is -2.23. The fourth-order valence-corrected chi connectivity index (χ4v) is 10.1. The summed E-state index contributed by atoms with van der Waals surface area (Å²) in [5.74, 6) is 4.16. The molecule has 440 valence electrons. The van der Waals surface area contributed by atoms with E-state index >= 15 is 0 Å². The molecule has 3 aromatic heterocycles. The van der Waals surface area contributed by atoms with Crippen LogP contribution in [0.25, 0.3) is 66.5 Å². The number of methoxy groups -OCH3 is 1. The average molecular weight is 1180 g/mol. The number of anilines is 2. The number of para-hydroxylation sites is 3. The molecule has 0 radical (unpaired) electrons. The Balaban J connectivity index is 0.000000138. The van der Waals surface area contributed by atoms with Crippen molar-refractivity contribution in [3.63, 3.8) is 0 Å². The van der Waals surface area contributed by atoms with Crippen molar-refractivity contribution < 1.29 is 36.9 Å². The smallest absolute Gasteiger partial charge is 0.328 e. The highest BCUT2D eigenvalue weighted by atomic mass is 19.1. The molecule has 88 heavy (non-hydrogen) atoms. The van der Waals surface area contributed by atoms with Crippen LogP contribution in [0, 0.1) is 17.5 Å². The second kappa shape index (κ2) is 27.5. The number of benzene rings is 9. The number of hydrogen-bond acceptors (Lipinski definition) is 14. The molecule has 1 atom stereocenters. The Bertz CT molecular complexity index is 4340. The van der Waals surface area contributed by atoms with Crippen LogP contribution in [0.2, 0.25) is 0 Å². The summed E-state index contributed by atoms with van der Waals surface area (Å²) in [6.45, 7) is 1.70. The first-order valence-electron chi connectivity index (χ1n) is 28.5. The third-order valence-electron chi connectivity index (χ3n) is 14.4. The van der Waals surface area contributed by atoms with Gasteiger partial charge in [0.05, 0.1) is 40.7 Å². The van der Waals surface area contributed by atoms with Crippen LogP contribution in [0.1, 0.15) is 25.1 Å². The Hall–Kier alpha value is -10.8.